The van der Waals surface area contributed by atoms with E-state index >= 15 is 0 Å². The Morgan fingerprint density at radius 3 is 2.50 bits per heavy atom. The molecule has 1 aliphatic rings. The molecule has 1 saturated heterocycles. The first-order valence-electron chi connectivity index (χ1n) is 10.6. The molecule has 3 aromatic carbocycles. The SMILES string of the molecule is O=C(O)C1CC(c2ccccc2)CN(c2nc(-c3cccc(Br)c3)nc3ccccc23)C1. The van der Waals surface area contributed by atoms with E-state index in [-0.39, 0.29) is 5.92 Å². The Hall–Kier alpha value is -3.25. The van der Waals surface area contributed by atoms with Crippen molar-refractivity contribution in [1.29, 1.82) is 0 Å². The number of carboxylic acid groups (broad SMARTS) is 1. The van der Waals surface area contributed by atoms with Crippen LogP contribution in [0.1, 0.15) is 17.9 Å². The van der Waals surface area contributed by atoms with E-state index in [1.54, 1.807) is 0 Å². The molecule has 0 bridgehead atoms. The molecule has 0 saturated carbocycles. The largest absolute Gasteiger partial charge is 0.481 e. The van der Waals surface area contributed by atoms with Crippen LogP contribution in [0.5, 0.6) is 0 Å². The highest BCUT2D eigenvalue weighted by atomic mass is 79.9. The van der Waals surface area contributed by atoms with E-state index in [0.29, 0.717) is 25.3 Å². The van der Waals surface area contributed by atoms with E-state index in [1.165, 1.54) is 0 Å². The van der Waals surface area contributed by atoms with Gasteiger partial charge in [0.1, 0.15) is 5.82 Å². The van der Waals surface area contributed by atoms with Crippen LogP contribution >= 0.6 is 15.9 Å². The number of nitrogens with zero attached hydrogens (tertiary/aromatic N) is 3. The molecule has 0 aliphatic carbocycles. The topological polar surface area (TPSA) is 66.3 Å². The molecule has 0 radical (unpaired) electrons. The zero-order valence-electron chi connectivity index (χ0n) is 17.4. The fraction of sp³-hybridized carbons (Fsp3) is 0.192. The predicted octanol–water partition coefficient (Wildman–Crippen LogP) is 5.75. The van der Waals surface area contributed by atoms with Crippen LogP contribution in [0.25, 0.3) is 22.3 Å². The van der Waals surface area contributed by atoms with Gasteiger partial charge in [-0.1, -0.05) is 70.5 Å². The first-order chi connectivity index (χ1) is 15.6. The van der Waals surface area contributed by atoms with Gasteiger partial charge in [0.2, 0.25) is 0 Å². The van der Waals surface area contributed by atoms with E-state index in [0.717, 1.165) is 32.3 Å². The van der Waals surface area contributed by atoms with Crippen molar-refractivity contribution in [3.63, 3.8) is 0 Å². The molecule has 2 atom stereocenters. The fourth-order valence-electron chi connectivity index (χ4n) is 4.48. The second kappa shape index (κ2) is 8.71. The van der Waals surface area contributed by atoms with Crippen molar-refractivity contribution in [2.24, 2.45) is 5.92 Å². The Balaban J connectivity index is 1.62. The molecule has 1 fully saturated rings. The van der Waals surface area contributed by atoms with Gasteiger partial charge in [-0.05, 0) is 36.2 Å². The van der Waals surface area contributed by atoms with Gasteiger partial charge in [0.15, 0.2) is 5.82 Å². The minimum absolute atomic E-state index is 0.120. The number of carbonyl (C=O) groups is 1. The Morgan fingerprint density at radius 2 is 1.72 bits per heavy atom. The number of fused-ring (bicyclic) bond motifs is 1. The number of hydrogen-bond acceptors (Lipinski definition) is 4. The molecule has 2 unspecified atom stereocenters. The number of piperidine rings is 1. The van der Waals surface area contributed by atoms with Gasteiger partial charge in [0.25, 0.3) is 0 Å². The molecule has 160 valence electrons. The Morgan fingerprint density at radius 1 is 0.938 bits per heavy atom. The summed E-state index contributed by atoms with van der Waals surface area (Å²) in [5, 5.41) is 10.8. The number of rotatable bonds is 4. The van der Waals surface area contributed by atoms with Crippen LogP contribution in [0.4, 0.5) is 5.82 Å². The van der Waals surface area contributed by atoms with Crippen molar-refractivity contribution in [3.8, 4) is 11.4 Å². The van der Waals surface area contributed by atoms with Crippen molar-refractivity contribution in [3.05, 3.63) is 88.9 Å². The summed E-state index contributed by atoms with van der Waals surface area (Å²) >= 11 is 3.53. The molecule has 1 N–H and O–H groups in total. The average molecular weight is 488 g/mol. The van der Waals surface area contributed by atoms with E-state index < -0.39 is 11.9 Å². The normalized spacial score (nSPS) is 18.6. The van der Waals surface area contributed by atoms with Crippen LogP contribution in [0.15, 0.2) is 83.3 Å². The van der Waals surface area contributed by atoms with Crippen LogP contribution in [0.2, 0.25) is 0 Å². The fourth-order valence-corrected chi connectivity index (χ4v) is 4.87. The summed E-state index contributed by atoms with van der Waals surface area (Å²) in [5.74, 6) is 0.318. The lowest BCUT2D eigenvalue weighted by molar-refractivity contribution is -0.142. The van der Waals surface area contributed by atoms with Gasteiger partial charge in [-0.2, -0.15) is 0 Å². The van der Waals surface area contributed by atoms with Crippen LogP contribution in [-0.2, 0) is 4.79 Å². The zero-order chi connectivity index (χ0) is 22.1. The summed E-state index contributed by atoms with van der Waals surface area (Å²) in [6, 6.07) is 26.0. The van der Waals surface area contributed by atoms with Gasteiger partial charge in [0.05, 0.1) is 11.4 Å². The van der Waals surface area contributed by atoms with Crippen LogP contribution in [0.3, 0.4) is 0 Å². The highest BCUT2D eigenvalue weighted by molar-refractivity contribution is 9.10. The first kappa shape index (κ1) is 20.6. The quantitative estimate of drug-likeness (QED) is 0.396. The standard InChI is InChI=1S/C26H22BrN3O2/c27-21-10-6-9-18(14-21)24-28-23-12-5-4-11-22(23)25(29-24)30-15-19(13-20(16-30)26(31)32)17-7-2-1-3-8-17/h1-12,14,19-20H,13,15-16H2,(H,31,32). The van der Waals surface area contributed by atoms with Crippen LogP contribution < -0.4 is 4.90 Å². The number of para-hydroxylation sites is 1. The number of carboxylic acids is 1. The van der Waals surface area contributed by atoms with Crippen molar-refractivity contribution in [2.75, 3.05) is 18.0 Å². The van der Waals surface area contributed by atoms with E-state index in [2.05, 4.69) is 33.0 Å². The lowest BCUT2D eigenvalue weighted by atomic mass is 9.84. The van der Waals surface area contributed by atoms with Gasteiger partial charge in [0, 0.05) is 34.4 Å². The van der Waals surface area contributed by atoms with Crippen molar-refractivity contribution < 1.29 is 9.90 Å². The highest BCUT2D eigenvalue weighted by Gasteiger charge is 2.33. The molecular weight excluding hydrogens is 466 g/mol. The maximum Gasteiger partial charge on any atom is 0.308 e. The Labute approximate surface area is 194 Å². The summed E-state index contributed by atoms with van der Waals surface area (Å²) in [7, 11) is 0. The monoisotopic (exact) mass is 487 g/mol. The third kappa shape index (κ3) is 4.10. The van der Waals surface area contributed by atoms with Crippen molar-refractivity contribution in [2.45, 2.75) is 12.3 Å². The predicted molar refractivity (Wildman–Crippen MR) is 130 cm³/mol. The summed E-state index contributed by atoms with van der Waals surface area (Å²) in [6.45, 7) is 1.14. The maximum atomic E-state index is 12.0. The number of halogens is 1. The van der Waals surface area contributed by atoms with E-state index in [9.17, 15) is 9.90 Å². The summed E-state index contributed by atoms with van der Waals surface area (Å²) in [4.78, 5) is 23.9. The molecule has 1 aromatic heterocycles. The number of benzene rings is 3. The van der Waals surface area contributed by atoms with Gasteiger partial charge in [-0.3, -0.25) is 4.79 Å². The lowest BCUT2D eigenvalue weighted by Crippen LogP contribution is -2.43. The van der Waals surface area contributed by atoms with Crippen LogP contribution in [0, 0.1) is 5.92 Å². The highest BCUT2D eigenvalue weighted by Crippen LogP contribution is 2.36. The summed E-state index contributed by atoms with van der Waals surface area (Å²) in [5.41, 5.74) is 2.92. The molecule has 0 amide bonds. The average Bonchev–Trinajstić information content (AvgIpc) is 2.83. The summed E-state index contributed by atoms with van der Waals surface area (Å²) < 4.78 is 0.960. The molecule has 5 rings (SSSR count). The zero-order valence-corrected chi connectivity index (χ0v) is 18.9. The second-order valence-electron chi connectivity index (χ2n) is 8.18. The van der Waals surface area contributed by atoms with Gasteiger partial charge in [-0.25, -0.2) is 9.97 Å². The molecule has 6 heteroatoms. The molecule has 32 heavy (non-hydrogen) atoms. The van der Waals surface area contributed by atoms with Crippen molar-refractivity contribution in [1.82, 2.24) is 9.97 Å². The molecule has 2 heterocycles. The summed E-state index contributed by atoms with van der Waals surface area (Å²) in [6.07, 6.45) is 0.622. The minimum atomic E-state index is -0.763. The number of anilines is 1. The Bertz CT molecular complexity index is 1280. The smallest absolute Gasteiger partial charge is 0.308 e. The maximum absolute atomic E-state index is 12.0. The van der Waals surface area contributed by atoms with Gasteiger partial charge >= 0.3 is 5.97 Å². The first-order valence-corrected chi connectivity index (χ1v) is 11.4. The van der Waals surface area contributed by atoms with Crippen LogP contribution in [-0.4, -0.2) is 34.1 Å². The molecule has 0 spiro atoms. The molecule has 4 aromatic rings. The van der Waals surface area contributed by atoms with Crippen molar-refractivity contribution >= 4 is 38.6 Å². The molecular formula is C26H22BrN3O2. The van der Waals surface area contributed by atoms with E-state index in [4.69, 9.17) is 9.97 Å². The van der Waals surface area contributed by atoms with Gasteiger partial charge in [-0.15, -0.1) is 0 Å². The third-order valence-corrected chi connectivity index (χ3v) is 6.53. The number of aromatic nitrogens is 2. The third-order valence-electron chi connectivity index (χ3n) is 6.04. The van der Waals surface area contributed by atoms with E-state index in [1.807, 2.05) is 66.7 Å². The number of aliphatic carboxylic acids is 1. The molecule has 5 nitrogen and oxygen atoms in total. The Kier molecular flexibility index (Phi) is 5.62. The number of hydrogen-bond donors (Lipinski definition) is 1. The minimum Gasteiger partial charge on any atom is -0.481 e. The molecule has 1 aliphatic heterocycles. The second-order valence-corrected chi connectivity index (χ2v) is 9.10. The van der Waals surface area contributed by atoms with Gasteiger partial charge < -0.3 is 10.0 Å². The lowest BCUT2D eigenvalue weighted by Gasteiger charge is -2.37.